The largest absolute Gasteiger partial charge is 0.119 e. The molecule has 3 aromatic carbocycles. The summed E-state index contributed by atoms with van der Waals surface area (Å²) in [6.07, 6.45) is 6.69. The van der Waals surface area contributed by atoms with Gasteiger partial charge in [-0.25, -0.2) is 0 Å². The van der Waals surface area contributed by atoms with Gasteiger partial charge in [-0.1, -0.05) is 111 Å². The molecule has 0 amide bonds. The van der Waals surface area contributed by atoms with Gasteiger partial charge in [-0.05, 0) is 46.9 Å². The summed E-state index contributed by atoms with van der Waals surface area (Å²) in [7, 11) is 0. The Morgan fingerprint density at radius 2 is 1.18 bits per heavy atom. The van der Waals surface area contributed by atoms with Crippen LogP contribution >= 0.6 is 11.6 Å². The lowest BCUT2D eigenvalue weighted by atomic mass is 9.82. The summed E-state index contributed by atoms with van der Waals surface area (Å²) < 4.78 is 0. The van der Waals surface area contributed by atoms with E-state index in [1.807, 2.05) is 12.1 Å². The fraction of sp³-hybridized carbons (Fsp3) is 0.333. The molecule has 0 radical (unpaired) electrons. The van der Waals surface area contributed by atoms with Crippen LogP contribution < -0.4 is 0 Å². The Balaban J connectivity index is 1.70. The monoisotopic (exact) mass is 388 g/mol. The van der Waals surface area contributed by atoms with E-state index >= 15 is 0 Å². The SMILES string of the molecule is CC1CCCC(c2ccc(C(Cl)(c3ccccc3)c3ccccc3)cc2)CC1. The third-order valence-corrected chi connectivity index (χ3v) is 7.04. The molecule has 0 spiro atoms. The van der Waals surface area contributed by atoms with E-state index in [-0.39, 0.29) is 0 Å². The third kappa shape index (κ3) is 3.89. The van der Waals surface area contributed by atoms with Crippen LogP contribution in [0.5, 0.6) is 0 Å². The zero-order valence-corrected chi connectivity index (χ0v) is 17.4. The van der Waals surface area contributed by atoms with Gasteiger partial charge in [-0.15, -0.1) is 11.6 Å². The summed E-state index contributed by atoms with van der Waals surface area (Å²) in [5.41, 5.74) is 4.83. The van der Waals surface area contributed by atoms with Crippen LogP contribution in [0.25, 0.3) is 0 Å². The number of alkyl halides is 1. The van der Waals surface area contributed by atoms with E-state index in [0.717, 1.165) is 22.6 Å². The van der Waals surface area contributed by atoms with Crippen molar-refractivity contribution >= 4 is 11.6 Å². The third-order valence-electron chi connectivity index (χ3n) is 6.38. The van der Waals surface area contributed by atoms with Crippen molar-refractivity contribution in [2.75, 3.05) is 0 Å². The molecule has 0 N–H and O–H groups in total. The number of hydrogen-bond acceptors (Lipinski definition) is 0. The lowest BCUT2D eigenvalue weighted by molar-refractivity contribution is 0.499. The molecular weight excluding hydrogens is 360 g/mol. The zero-order chi connectivity index (χ0) is 19.4. The van der Waals surface area contributed by atoms with Crippen molar-refractivity contribution in [2.24, 2.45) is 5.92 Å². The van der Waals surface area contributed by atoms with E-state index in [0.29, 0.717) is 5.92 Å². The van der Waals surface area contributed by atoms with E-state index in [4.69, 9.17) is 11.6 Å². The Hall–Kier alpha value is -2.05. The Morgan fingerprint density at radius 3 is 1.75 bits per heavy atom. The molecule has 3 aromatic rings. The molecule has 0 bridgehead atoms. The molecule has 0 aliphatic heterocycles. The number of rotatable bonds is 4. The Bertz CT molecular complexity index is 828. The molecule has 4 rings (SSSR count). The summed E-state index contributed by atoms with van der Waals surface area (Å²) in [5.74, 6) is 1.56. The minimum atomic E-state index is -0.668. The number of halogens is 1. The van der Waals surface area contributed by atoms with Crippen molar-refractivity contribution in [3.8, 4) is 0 Å². The van der Waals surface area contributed by atoms with E-state index < -0.39 is 4.87 Å². The minimum Gasteiger partial charge on any atom is -0.104 e. The predicted molar refractivity (Wildman–Crippen MR) is 120 cm³/mol. The summed E-state index contributed by atoms with van der Waals surface area (Å²) in [6, 6.07) is 30.0. The predicted octanol–water partition coefficient (Wildman–Crippen LogP) is 7.90. The summed E-state index contributed by atoms with van der Waals surface area (Å²) >= 11 is 7.40. The van der Waals surface area contributed by atoms with E-state index in [1.165, 1.54) is 37.7 Å². The van der Waals surface area contributed by atoms with Crippen LogP contribution in [-0.4, -0.2) is 0 Å². The zero-order valence-electron chi connectivity index (χ0n) is 16.7. The van der Waals surface area contributed by atoms with Crippen LogP contribution in [0, 0.1) is 5.92 Å². The summed E-state index contributed by atoms with van der Waals surface area (Å²) in [5, 5.41) is 0. The van der Waals surface area contributed by atoms with Gasteiger partial charge in [0.15, 0.2) is 0 Å². The summed E-state index contributed by atoms with van der Waals surface area (Å²) in [4.78, 5) is -0.668. The van der Waals surface area contributed by atoms with Gasteiger partial charge in [0.05, 0.1) is 0 Å². The van der Waals surface area contributed by atoms with Crippen LogP contribution in [0.4, 0.5) is 0 Å². The van der Waals surface area contributed by atoms with Gasteiger partial charge in [0.1, 0.15) is 4.87 Å². The van der Waals surface area contributed by atoms with Gasteiger partial charge >= 0.3 is 0 Å². The first-order chi connectivity index (χ1) is 13.7. The van der Waals surface area contributed by atoms with Crippen LogP contribution in [-0.2, 0) is 4.87 Å². The quantitative estimate of drug-likeness (QED) is 0.242. The molecule has 28 heavy (non-hydrogen) atoms. The van der Waals surface area contributed by atoms with Gasteiger partial charge in [0.25, 0.3) is 0 Å². The first-order valence-corrected chi connectivity index (χ1v) is 11.0. The Kier molecular flexibility index (Phi) is 5.87. The number of benzene rings is 3. The molecule has 1 aliphatic carbocycles. The normalized spacial score (nSPS) is 20.5. The highest BCUT2D eigenvalue weighted by molar-refractivity contribution is 6.28. The van der Waals surface area contributed by atoms with Crippen molar-refractivity contribution in [3.05, 3.63) is 107 Å². The molecule has 0 nitrogen and oxygen atoms in total. The van der Waals surface area contributed by atoms with Gasteiger partial charge in [0.2, 0.25) is 0 Å². The molecule has 1 heteroatoms. The first-order valence-electron chi connectivity index (χ1n) is 10.6. The van der Waals surface area contributed by atoms with Crippen LogP contribution in [0.1, 0.15) is 67.2 Å². The second-order valence-corrected chi connectivity index (χ2v) is 8.89. The second-order valence-electron chi connectivity index (χ2n) is 8.32. The smallest absolute Gasteiger partial charge is 0.104 e. The van der Waals surface area contributed by atoms with E-state index in [9.17, 15) is 0 Å². The highest BCUT2D eigenvalue weighted by atomic mass is 35.5. The molecule has 0 saturated heterocycles. The molecule has 2 unspecified atom stereocenters. The van der Waals surface area contributed by atoms with Crippen molar-refractivity contribution in [2.45, 2.75) is 49.8 Å². The highest BCUT2D eigenvalue weighted by Gasteiger charge is 2.34. The topological polar surface area (TPSA) is 0 Å². The van der Waals surface area contributed by atoms with Crippen LogP contribution in [0.3, 0.4) is 0 Å². The van der Waals surface area contributed by atoms with Crippen LogP contribution in [0.15, 0.2) is 84.9 Å². The molecular formula is C27H29Cl. The molecule has 0 aromatic heterocycles. The van der Waals surface area contributed by atoms with Crippen molar-refractivity contribution in [1.82, 2.24) is 0 Å². The molecule has 0 heterocycles. The fourth-order valence-electron chi connectivity index (χ4n) is 4.64. The Labute approximate surface area is 174 Å². The van der Waals surface area contributed by atoms with E-state index in [1.54, 1.807) is 0 Å². The first kappa shape index (κ1) is 19.3. The molecule has 144 valence electrons. The molecule has 1 fully saturated rings. The van der Waals surface area contributed by atoms with Crippen molar-refractivity contribution in [3.63, 3.8) is 0 Å². The molecule has 1 saturated carbocycles. The average Bonchev–Trinajstić information content (AvgIpc) is 2.99. The second kappa shape index (κ2) is 8.53. The van der Waals surface area contributed by atoms with Gasteiger partial charge < -0.3 is 0 Å². The maximum Gasteiger partial charge on any atom is 0.119 e. The van der Waals surface area contributed by atoms with Gasteiger partial charge in [-0.2, -0.15) is 0 Å². The lowest BCUT2D eigenvalue weighted by Crippen LogP contribution is -2.22. The average molecular weight is 389 g/mol. The van der Waals surface area contributed by atoms with Gasteiger partial charge in [0, 0.05) is 0 Å². The summed E-state index contributed by atoms with van der Waals surface area (Å²) in [6.45, 7) is 2.40. The lowest BCUT2D eigenvalue weighted by Gasteiger charge is -2.29. The highest BCUT2D eigenvalue weighted by Crippen LogP contribution is 2.43. The molecule has 1 aliphatic rings. The maximum absolute atomic E-state index is 7.40. The van der Waals surface area contributed by atoms with Crippen molar-refractivity contribution < 1.29 is 0 Å². The van der Waals surface area contributed by atoms with Crippen LogP contribution in [0.2, 0.25) is 0 Å². The minimum absolute atomic E-state index is 0.668. The van der Waals surface area contributed by atoms with E-state index in [2.05, 4.69) is 79.7 Å². The standard InChI is InChI=1S/C27H29Cl/c1-21-9-8-10-22(16-15-21)23-17-19-26(20-18-23)27(28,24-11-4-2-5-12-24)25-13-6-3-7-14-25/h2-7,11-14,17-22H,8-10,15-16H2,1H3. The number of hydrogen-bond donors (Lipinski definition) is 0. The Morgan fingerprint density at radius 1 is 0.643 bits per heavy atom. The van der Waals surface area contributed by atoms with Gasteiger partial charge in [-0.3, -0.25) is 0 Å². The molecule has 2 atom stereocenters. The van der Waals surface area contributed by atoms with Crippen molar-refractivity contribution in [1.29, 1.82) is 0 Å². The fourth-order valence-corrected chi connectivity index (χ4v) is 5.02. The maximum atomic E-state index is 7.40.